The molecule has 0 aromatic heterocycles. The fraction of sp³-hybridized carbons (Fsp3) is 0.600. The van der Waals surface area contributed by atoms with Crippen LogP contribution in [-0.4, -0.2) is 67.8 Å². The first-order valence-corrected chi connectivity index (χ1v) is 6.94. The number of phenolic OH excluding ortho intramolecular Hbond substituents is 1. The Morgan fingerprint density at radius 3 is 2.58 bits per heavy atom. The zero-order valence-electron chi connectivity index (χ0n) is 12.1. The van der Waals surface area contributed by atoms with Crippen molar-refractivity contribution < 1.29 is 5.11 Å². The number of phenols is 1. The number of piperazine rings is 1. The van der Waals surface area contributed by atoms with Gasteiger partial charge >= 0.3 is 0 Å². The summed E-state index contributed by atoms with van der Waals surface area (Å²) in [6.07, 6.45) is 0.986. The molecule has 1 heterocycles. The number of benzene rings is 1. The van der Waals surface area contributed by atoms with Crippen LogP contribution in [0.2, 0.25) is 0 Å². The van der Waals surface area contributed by atoms with Crippen molar-refractivity contribution in [1.29, 1.82) is 0 Å². The Labute approximate surface area is 116 Å². The number of hydrogen-bond donors (Lipinski definition) is 2. The number of likely N-dealkylation sites (N-methyl/N-ethyl adjacent to an activating group) is 3. The molecule has 4 nitrogen and oxygen atoms in total. The second-order valence-electron chi connectivity index (χ2n) is 5.58. The quantitative estimate of drug-likeness (QED) is 0.841. The minimum absolute atomic E-state index is 0.333. The minimum atomic E-state index is 0.333. The summed E-state index contributed by atoms with van der Waals surface area (Å²) in [5.74, 6) is 0.333. The third kappa shape index (κ3) is 3.69. The van der Waals surface area contributed by atoms with Crippen LogP contribution in [0.1, 0.15) is 5.56 Å². The Bertz CT molecular complexity index is 393. The molecular formula is C15H25N3O. The summed E-state index contributed by atoms with van der Waals surface area (Å²) >= 11 is 0. The molecule has 4 heteroatoms. The van der Waals surface area contributed by atoms with E-state index >= 15 is 0 Å². The van der Waals surface area contributed by atoms with Crippen LogP contribution in [-0.2, 0) is 6.42 Å². The highest BCUT2D eigenvalue weighted by atomic mass is 16.3. The van der Waals surface area contributed by atoms with Crippen molar-refractivity contribution in [1.82, 2.24) is 15.1 Å². The molecule has 1 aromatic carbocycles. The highest BCUT2D eigenvalue weighted by Crippen LogP contribution is 2.16. The van der Waals surface area contributed by atoms with E-state index in [0.29, 0.717) is 17.8 Å². The van der Waals surface area contributed by atoms with Gasteiger partial charge in [0, 0.05) is 31.7 Å². The molecule has 106 valence electrons. The molecule has 1 aromatic rings. The predicted octanol–water partition coefficient (Wildman–Crippen LogP) is 0.768. The van der Waals surface area contributed by atoms with E-state index in [2.05, 4.69) is 29.2 Å². The lowest BCUT2D eigenvalue weighted by atomic mass is 9.96. The molecule has 0 aliphatic carbocycles. The topological polar surface area (TPSA) is 38.7 Å². The number of nitrogens with zero attached hydrogens (tertiary/aromatic N) is 2. The summed E-state index contributed by atoms with van der Waals surface area (Å²) in [4.78, 5) is 4.84. The van der Waals surface area contributed by atoms with Crippen molar-refractivity contribution in [3.05, 3.63) is 29.8 Å². The maximum Gasteiger partial charge on any atom is 0.115 e. The van der Waals surface area contributed by atoms with Gasteiger partial charge in [0.2, 0.25) is 0 Å². The molecule has 1 fully saturated rings. The van der Waals surface area contributed by atoms with Gasteiger partial charge in [0.25, 0.3) is 0 Å². The summed E-state index contributed by atoms with van der Waals surface area (Å²) < 4.78 is 0. The van der Waals surface area contributed by atoms with Crippen molar-refractivity contribution >= 4 is 0 Å². The van der Waals surface area contributed by atoms with Crippen LogP contribution in [0.5, 0.6) is 5.75 Å². The summed E-state index contributed by atoms with van der Waals surface area (Å²) in [6, 6.07) is 8.49. The molecule has 1 aliphatic rings. The van der Waals surface area contributed by atoms with E-state index in [1.165, 1.54) is 5.56 Å². The van der Waals surface area contributed by atoms with Gasteiger partial charge in [-0.2, -0.15) is 0 Å². The van der Waals surface area contributed by atoms with Gasteiger partial charge in [-0.3, -0.25) is 4.90 Å². The highest BCUT2D eigenvalue weighted by Gasteiger charge is 2.28. The molecule has 2 atom stereocenters. The summed E-state index contributed by atoms with van der Waals surface area (Å²) in [7, 11) is 6.43. The highest BCUT2D eigenvalue weighted by molar-refractivity contribution is 5.26. The second kappa shape index (κ2) is 6.37. The lowest BCUT2D eigenvalue weighted by molar-refractivity contribution is 0.0897. The Balaban J connectivity index is 2.04. The molecule has 0 amide bonds. The molecule has 1 aliphatic heterocycles. The summed E-state index contributed by atoms with van der Waals surface area (Å²) in [5, 5.41) is 12.8. The van der Waals surface area contributed by atoms with Crippen LogP contribution in [0, 0.1) is 0 Å². The van der Waals surface area contributed by atoms with Gasteiger partial charge in [0.1, 0.15) is 5.75 Å². The fourth-order valence-electron chi connectivity index (χ4n) is 2.80. The predicted molar refractivity (Wildman–Crippen MR) is 78.6 cm³/mol. The van der Waals surface area contributed by atoms with Gasteiger partial charge in [0.05, 0.1) is 0 Å². The van der Waals surface area contributed by atoms with Gasteiger partial charge in [-0.05, 0) is 45.3 Å². The first-order chi connectivity index (χ1) is 9.10. The molecule has 0 radical (unpaired) electrons. The molecule has 2 unspecified atom stereocenters. The Kier molecular flexibility index (Phi) is 4.80. The molecule has 19 heavy (non-hydrogen) atoms. The Hall–Kier alpha value is -1.10. The van der Waals surface area contributed by atoms with Gasteiger partial charge in [-0.15, -0.1) is 0 Å². The van der Waals surface area contributed by atoms with E-state index in [0.717, 1.165) is 26.1 Å². The Morgan fingerprint density at radius 1 is 1.26 bits per heavy atom. The van der Waals surface area contributed by atoms with Crippen LogP contribution >= 0.6 is 0 Å². The smallest absolute Gasteiger partial charge is 0.115 e. The average Bonchev–Trinajstić information content (AvgIpc) is 2.41. The van der Waals surface area contributed by atoms with E-state index in [1.54, 1.807) is 12.1 Å². The number of aromatic hydroxyl groups is 1. The fourth-order valence-corrected chi connectivity index (χ4v) is 2.80. The number of hydrogen-bond acceptors (Lipinski definition) is 4. The average molecular weight is 263 g/mol. The largest absolute Gasteiger partial charge is 0.508 e. The summed E-state index contributed by atoms with van der Waals surface area (Å²) in [5.41, 5.74) is 1.26. The molecule has 0 saturated carbocycles. The number of rotatable bonds is 4. The molecule has 2 rings (SSSR count). The summed E-state index contributed by atoms with van der Waals surface area (Å²) in [6.45, 7) is 3.36. The normalized spacial score (nSPS) is 23.4. The third-order valence-electron chi connectivity index (χ3n) is 4.13. The monoisotopic (exact) mass is 263 g/mol. The molecule has 0 bridgehead atoms. The van der Waals surface area contributed by atoms with Gasteiger partial charge in [-0.1, -0.05) is 12.1 Å². The standard InChI is InChI=1S/C15H25N3O/c1-16-14(10-12-4-6-13(19)7-5-12)15-11-17(2)8-9-18(15)3/h4-7,14-16,19H,8-11H2,1-3H3. The van der Waals surface area contributed by atoms with E-state index in [1.807, 2.05) is 19.2 Å². The van der Waals surface area contributed by atoms with Crippen molar-refractivity contribution in [2.24, 2.45) is 0 Å². The lowest BCUT2D eigenvalue weighted by Gasteiger charge is -2.42. The molecule has 0 spiro atoms. The van der Waals surface area contributed by atoms with Crippen molar-refractivity contribution in [3.8, 4) is 5.75 Å². The van der Waals surface area contributed by atoms with Gasteiger partial charge in [0.15, 0.2) is 0 Å². The lowest BCUT2D eigenvalue weighted by Crippen LogP contribution is -2.58. The van der Waals surface area contributed by atoms with Crippen molar-refractivity contribution in [3.63, 3.8) is 0 Å². The second-order valence-corrected chi connectivity index (χ2v) is 5.58. The Morgan fingerprint density at radius 2 is 1.95 bits per heavy atom. The van der Waals surface area contributed by atoms with Crippen molar-refractivity contribution in [2.75, 3.05) is 40.8 Å². The van der Waals surface area contributed by atoms with E-state index in [9.17, 15) is 5.11 Å². The third-order valence-corrected chi connectivity index (χ3v) is 4.13. The van der Waals surface area contributed by atoms with E-state index < -0.39 is 0 Å². The molecule has 1 saturated heterocycles. The SMILES string of the molecule is CNC(Cc1ccc(O)cc1)C1CN(C)CCN1C. The van der Waals surface area contributed by atoms with Crippen molar-refractivity contribution in [2.45, 2.75) is 18.5 Å². The maximum atomic E-state index is 9.34. The minimum Gasteiger partial charge on any atom is -0.508 e. The van der Waals surface area contributed by atoms with Crippen LogP contribution in [0.4, 0.5) is 0 Å². The zero-order valence-corrected chi connectivity index (χ0v) is 12.1. The van der Waals surface area contributed by atoms with Crippen LogP contribution < -0.4 is 5.32 Å². The van der Waals surface area contributed by atoms with E-state index in [4.69, 9.17) is 0 Å². The van der Waals surface area contributed by atoms with Gasteiger partial charge < -0.3 is 15.3 Å². The van der Waals surface area contributed by atoms with E-state index in [-0.39, 0.29) is 0 Å². The zero-order chi connectivity index (χ0) is 13.8. The van der Waals surface area contributed by atoms with Gasteiger partial charge in [-0.25, -0.2) is 0 Å². The molecule has 2 N–H and O–H groups in total. The molecular weight excluding hydrogens is 238 g/mol. The maximum absolute atomic E-state index is 9.34. The number of nitrogens with one attached hydrogen (secondary N) is 1. The van der Waals surface area contributed by atoms with Crippen LogP contribution in [0.25, 0.3) is 0 Å². The van der Waals surface area contributed by atoms with Crippen LogP contribution in [0.15, 0.2) is 24.3 Å². The first-order valence-electron chi connectivity index (χ1n) is 6.94. The van der Waals surface area contributed by atoms with Crippen LogP contribution in [0.3, 0.4) is 0 Å². The first kappa shape index (κ1) is 14.3.